The molecule has 0 aliphatic rings. The molecule has 0 radical (unpaired) electrons. The Bertz CT molecular complexity index is 391. The fourth-order valence-corrected chi connectivity index (χ4v) is 1.66. The Hall–Kier alpha value is -1.55. The number of benzene rings is 1. The molecule has 0 spiro atoms. The number of hydrogen-bond donors (Lipinski definition) is 2. The molecule has 0 heterocycles. The monoisotopic (exact) mass is 264 g/mol. The number of rotatable bonds is 8. The number of carbonyl (C=O) groups is 1. The summed E-state index contributed by atoms with van der Waals surface area (Å²) in [4.78, 5) is 11.4. The second-order valence-corrected chi connectivity index (χ2v) is 4.73. The lowest BCUT2D eigenvalue weighted by Gasteiger charge is -2.14. The Morgan fingerprint density at radius 1 is 1.32 bits per heavy atom. The zero-order chi connectivity index (χ0) is 14.1. The van der Waals surface area contributed by atoms with Gasteiger partial charge in [-0.2, -0.15) is 0 Å². The predicted molar refractivity (Wildman–Crippen MR) is 77.2 cm³/mol. The van der Waals surface area contributed by atoms with Crippen LogP contribution in [0.25, 0.3) is 0 Å². The lowest BCUT2D eigenvalue weighted by atomic mass is 10.2. The second-order valence-electron chi connectivity index (χ2n) is 4.73. The van der Waals surface area contributed by atoms with Crippen molar-refractivity contribution >= 4 is 5.91 Å². The van der Waals surface area contributed by atoms with E-state index in [1.165, 1.54) is 0 Å². The fourth-order valence-electron chi connectivity index (χ4n) is 1.66. The molecule has 0 fully saturated rings. The number of para-hydroxylation sites is 1. The third-order valence-electron chi connectivity index (χ3n) is 2.51. The lowest BCUT2D eigenvalue weighted by Crippen LogP contribution is -2.34. The first-order valence-corrected chi connectivity index (χ1v) is 6.85. The molecule has 0 bridgehead atoms. The Morgan fingerprint density at radius 3 is 2.74 bits per heavy atom. The van der Waals surface area contributed by atoms with E-state index in [2.05, 4.69) is 10.6 Å². The van der Waals surface area contributed by atoms with E-state index in [4.69, 9.17) is 4.74 Å². The number of carbonyl (C=O) groups excluding carboxylic acids is 1. The van der Waals surface area contributed by atoms with Crippen LogP contribution in [-0.4, -0.2) is 25.1 Å². The van der Waals surface area contributed by atoms with Crippen molar-refractivity contribution in [2.45, 2.75) is 39.8 Å². The molecule has 0 saturated heterocycles. The molecule has 2 N–H and O–H groups in total. The number of ether oxygens (including phenoxy) is 1. The van der Waals surface area contributed by atoms with Crippen LogP contribution in [0.1, 0.15) is 32.8 Å². The zero-order valence-corrected chi connectivity index (χ0v) is 12.0. The minimum absolute atomic E-state index is 0.0316. The number of hydrogen-bond acceptors (Lipinski definition) is 3. The minimum atomic E-state index is 0.0316. The molecule has 1 amide bonds. The molecule has 1 aromatic rings. The largest absolute Gasteiger partial charge is 0.491 e. The summed E-state index contributed by atoms with van der Waals surface area (Å²) in [6.07, 6.45) is 1.10. The van der Waals surface area contributed by atoms with Gasteiger partial charge in [-0.15, -0.1) is 0 Å². The molecule has 1 aromatic carbocycles. The maximum atomic E-state index is 11.4. The van der Waals surface area contributed by atoms with Crippen molar-refractivity contribution in [1.82, 2.24) is 10.6 Å². The Balaban J connectivity index is 2.42. The van der Waals surface area contributed by atoms with Gasteiger partial charge in [-0.25, -0.2) is 0 Å². The van der Waals surface area contributed by atoms with Crippen molar-refractivity contribution in [1.29, 1.82) is 0 Å². The van der Waals surface area contributed by atoms with E-state index >= 15 is 0 Å². The third kappa shape index (κ3) is 6.25. The van der Waals surface area contributed by atoms with Crippen LogP contribution in [0.4, 0.5) is 0 Å². The van der Waals surface area contributed by atoms with Crippen molar-refractivity contribution in [3.63, 3.8) is 0 Å². The van der Waals surface area contributed by atoms with Crippen molar-refractivity contribution in [2.75, 3.05) is 13.1 Å². The first-order chi connectivity index (χ1) is 9.13. The molecular formula is C15H24N2O2. The average Bonchev–Trinajstić information content (AvgIpc) is 2.38. The van der Waals surface area contributed by atoms with Gasteiger partial charge < -0.3 is 15.4 Å². The van der Waals surface area contributed by atoms with Gasteiger partial charge >= 0.3 is 0 Å². The highest BCUT2D eigenvalue weighted by molar-refractivity contribution is 5.77. The minimum Gasteiger partial charge on any atom is -0.491 e. The summed E-state index contributed by atoms with van der Waals surface area (Å²) in [6.45, 7) is 7.73. The van der Waals surface area contributed by atoms with E-state index < -0.39 is 0 Å². The zero-order valence-electron chi connectivity index (χ0n) is 12.0. The highest BCUT2D eigenvalue weighted by atomic mass is 16.5. The van der Waals surface area contributed by atoms with Gasteiger partial charge in [0.25, 0.3) is 0 Å². The lowest BCUT2D eigenvalue weighted by molar-refractivity contribution is -0.120. The standard InChI is InChI=1S/C15H24N2O2/c1-4-9-17-15(18)11-16-10-13-7-5-6-8-14(13)19-12(2)3/h5-8,12,16H,4,9-11H2,1-3H3,(H,17,18). The van der Waals surface area contributed by atoms with E-state index in [1.807, 2.05) is 45.0 Å². The summed E-state index contributed by atoms with van der Waals surface area (Å²) in [5.74, 6) is 0.906. The summed E-state index contributed by atoms with van der Waals surface area (Å²) in [7, 11) is 0. The molecule has 0 aliphatic heterocycles. The highest BCUT2D eigenvalue weighted by Crippen LogP contribution is 2.18. The van der Waals surface area contributed by atoms with E-state index in [9.17, 15) is 4.79 Å². The van der Waals surface area contributed by atoms with Gasteiger partial charge in [0.05, 0.1) is 12.6 Å². The Kier molecular flexibility index (Phi) is 6.97. The molecule has 19 heavy (non-hydrogen) atoms. The van der Waals surface area contributed by atoms with Crippen LogP contribution < -0.4 is 15.4 Å². The summed E-state index contributed by atoms with van der Waals surface area (Å²) in [5.41, 5.74) is 1.07. The highest BCUT2D eigenvalue weighted by Gasteiger charge is 2.05. The maximum absolute atomic E-state index is 11.4. The Labute approximate surface area is 115 Å². The average molecular weight is 264 g/mol. The van der Waals surface area contributed by atoms with Gasteiger partial charge in [-0.3, -0.25) is 4.79 Å². The summed E-state index contributed by atoms with van der Waals surface area (Å²) in [6, 6.07) is 7.89. The van der Waals surface area contributed by atoms with Crippen molar-refractivity contribution in [3.05, 3.63) is 29.8 Å². The van der Waals surface area contributed by atoms with Crippen LogP contribution in [-0.2, 0) is 11.3 Å². The smallest absolute Gasteiger partial charge is 0.233 e. The van der Waals surface area contributed by atoms with Crippen LogP contribution in [0.5, 0.6) is 5.75 Å². The van der Waals surface area contributed by atoms with Crippen LogP contribution in [0.3, 0.4) is 0 Å². The van der Waals surface area contributed by atoms with E-state index in [0.717, 1.165) is 24.3 Å². The third-order valence-corrected chi connectivity index (χ3v) is 2.51. The molecular weight excluding hydrogens is 240 g/mol. The molecule has 0 saturated carbocycles. The van der Waals surface area contributed by atoms with Gasteiger partial charge in [0.15, 0.2) is 0 Å². The van der Waals surface area contributed by atoms with Gasteiger partial charge in [-0.1, -0.05) is 25.1 Å². The molecule has 0 aromatic heterocycles. The van der Waals surface area contributed by atoms with Crippen molar-refractivity contribution in [2.24, 2.45) is 0 Å². The van der Waals surface area contributed by atoms with Crippen molar-refractivity contribution < 1.29 is 9.53 Å². The molecule has 0 unspecified atom stereocenters. The predicted octanol–water partition coefficient (Wildman–Crippen LogP) is 2.09. The first kappa shape index (κ1) is 15.5. The van der Waals surface area contributed by atoms with Crippen LogP contribution in [0.15, 0.2) is 24.3 Å². The first-order valence-electron chi connectivity index (χ1n) is 6.85. The number of nitrogens with one attached hydrogen (secondary N) is 2. The van der Waals surface area contributed by atoms with Gasteiger partial charge in [0, 0.05) is 18.7 Å². The van der Waals surface area contributed by atoms with E-state index in [-0.39, 0.29) is 12.0 Å². The summed E-state index contributed by atoms with van der Waals surface area (Å²) in [5, 5.41) is 5.96. The van der Waals surface area contributed by atoms with Gasteiger partial charge in [0.2, 0.25) is 5.91 Å². The maximum Gasteiger partial charge on any atom is 0.233 e. The summed E-state index contributed by atoms with van der Waals surface area (Å²) < 4.78 is 5.73. The molecule has 4 nitrogen and oxygen atoms in total. The van der Waals surface area contributed by atoms with E-state index in [0.29, 0.717) is 13.1 Å². The summed E-state index contributed by atoms with van der Waals surface area (Å²) >= 11 is 0. The van der Waals surface area contributed by atoms with Crippen LogP contribution >= 0.6 is 0 Å². The molecule has 4 heteroatoms. The van der Waals surface area contributed by atoms with E-state index in [1.54, 1.807) is 0 Å². The van der Waals surface area contributed by atoms with Gasteiger partial charge in [0.1, 0.15) is 5.75 Å². The fraction of sp³-hybridized carbons (Fsp3) is 0.533. The topological polar surface area (TPSA) is 50.4 Å². The van der Waals surface area contributed by atoms with Crippen molar-refractivity contribution in [3.8, 4) is 5.75 Å². The SMILES string of the molecule is CCCNC(=O)CNCc1ccccc1OC(C)C. The molecule has 1 rings (SSSR count). The molecule has 0 atom stereocenters. The van der Waals surface area contributed by atoms with Crippen LogP contribution in [0.2, 0.25) is 0 Å². The normalized spacial score (nSPS) is 10.5. The molecule has 106 valence electrons. The Morgan fingerprint density at radius 2 is 2.05 bits per heavy atom. The quantitative estimate of drug-likeness (QED) is 0.756. The second kappa shape index (κ2) is 8.53. The van der Waals surface area contributed by atoms with Gasteiger partial charge in [-0.05, 0) is 26.3 Å². The number of amides is 1. The molecule has 0 aliphatic carbocycles. The van der Waals surface area contributed by atoms with Crippen LogP contribution in [0, 0.1) is 0 Å².